The normalized spacial score (nSPS) is 18.9. The highest BCUT2D eigenvalue weighted by atomic mass is 16.5. The van der Waals surface area contributed by atoms with Crippen LogP contribution in [0, 0.1) is 10.8 Å². The van der Waals surface area contributed by atoms with Crippen molar-refractivity contribution in [3.63, 3.8) is 0 Å². The van der Waals surface area contributed by atoms with E-state index in [9.17, 15) is 9.59 Å². The quantitative estimate of drug-likeness (QED) is 0.745. The maximum absolute atomic E-state index is 13.1. The molecule has 4 nitrogen and oxygen atoms in total. The monoisotopic (exact) mass is 359 g/mol. The van der Waals surface area contributed by atoms with Gasteiger partial charge in [-0.3, -0.25) is 9.59 Å². The van der Waals surface area contributed by atoms with Crippen LogP contribution >= 0.6 is 0 Å². The first kappa shape index (κ1) is 20.5. The maximum atomic E-state index is 13.1. The van der Waals surface area contributed by atoms with Crippen LogP contribution in [-0.4, -0.2) is 29.4 Å². The molecule has 1 aliphatic rings. The van der Waals surface area contributed by atoms with Crippen molar-refractivity contribution >= 4 is 11.9 Å². The third-order valence-corrected chi connectivity index (χ3v) is 4.86. The van der Waals surface area contributed by atoms with Gasteiger partial charge in [0.2, 0.25) is 5.91 Å². The molecule has 0 saturated heterocycles. The molecule has 1 aliphatic heterocycles. The Morgan fingerprint density at radius 3 is 2.27 bits per heavy atom. The lowest BCUT2D eigenvalue weighted by molar-refractivity contribution is -0.166. The third kappa shape index (κ3) is 4.28. The lowest BCUT2D eigenvalue weighted by atomic mass is 9.85. The average Bonchev–Trinajstić information content (AvgIpc) is 2.56. The van der Waals surface area contributed by atoms with Crippen LogP contribution in [0.4, 0.5) is 0 Å². The van der Waals surface area contributed by atoms with Crippen LogP contribution in [0.5, 0.6) is 0 Å². The second kappa shape index (κ2) is 7.42. The fourth-order valence-electron chi connectivity index (χ4n) is 3.34. The van der Waals surface area contributed by atoms with E-state index in [0.717, 1.165) is 12.0 Å². The molecule has 1 aromatic carbocycles. The molecule has 2 unspecified atom stereocenters. The SMILES string of the molecule is CCC(OC(=O)C(C)(C)C)C1c2ccccc2CCN1C(=O)C(C)(C)C. The molecule has 0 fully saturated rings. The Morgan fingerprint density at radius 2 is 1.73 bits per heavy atom. The zero-order chi connectivity index (χ0) is 19.7. The minimum Gasteiger partial charge on any atom is -0.459 e. The number of rotatable bonds is 3. The highest BCUT2D eigenvalue weighted by Gasteiger charge is 2.41. The number of esters is 1. The number of amides is 1. The lowest BCUT2D eigenvalue weighted by Crippen LogP contribution is -2.50. The van der Waals surface area contributed by atoms with E-state index in [1.54, 1.807) is 0 Å². The summed E-state index contributed by atoms with van der Waals surface area (Å²) in [6.07, 6.45) is 1.14. The molecule has 0 saturated carbocycles. The van der Waals surface area contributed by atoms with E-state index >= 15 is 0 Å². The molecule has 1 heterocycles. The fourth-order valence-corrected chi connectivity index (χ4v) is 3.34. The summed E-state index contributed by atoms with van der Waals surface area (Å²) in [7, 11) is 0. The summed E-state index contributed by atoms with van der Waals surface area (Å²) in [5.74, 6) is -0.127. The van der Waals surface area contributed by atoms with E-state index in [1.165, 1.54) is 5.56 Å². The van der Waals surface area contributed by atoms with Crippen molar-refractivity contribution in [2.45, 2.75) is 73.5 Å². The van der Waals surface area contributed by atoms with Gasteiger partial charge in [0.1, 0.15) is 6.10 Å². The van der Waals surface area contributed by atoms with Gasteiger partial charge in [0.05, 0.1) is 11.5 Å². The van der Waals surface area contributed by atoms with E-state index in [-0.39, 0.29) is 24.0 Å². The van der Waals surface area contributed by atoms with Crippen molar-refractivity contribution in [2.24, 2.45) is 10.8 Å². The van der Waals surface area contributed by atoms with Crippen LogP contribution in [0.1, 0.15) is 72.1 Å². The first-order valence-corrected chi connectivity index (χ1v) is 9.56. The van der Waals surface area contributed by atoms with Gasteiger partial charge in [-0.05, 0) is 44.7 Å². The summed E-state index contributed by atoms with van der Waals surface area (Å²) in [4.78, 5) is 27.6. The van der Waals surface area contributed by atoms with Gasteiger partial charge in [-0.15, -0.1) is 0 Å². The van der Waals surface area contributed by atoms with E-state index in [0.29, 0.717) is 13.0 Å². The Kier molecular flexibility index (Phi) is 5.84. The van der Waals surface area contributed by atoms with Gasteiger partial charge < -0.3 is 9.64 Å². The Morgan fingerprint density at radius 1 is 1.12 bits per heavy atom. The molecule has 1 aromatic rings. The van der Waals surface area contributed by atoms with Crippen molar-refractivity contribution in [2.75, 3.05) is 6.54 Å². The number of carbonyl (C=O) groups excluding carboxylic acids is 2. The van der Waals surface area contributed by atoms with Crippen molar-refractivity contribution in [3.05, 3.63) is 35.4 Å². The van der Waals surface area contributed by atoms with Crippen LogP contribution in [-0.2, 0) is 20.7 Å². The fraction of sp³-hybridized carbons (Fsp3) is 0.636. The number of benzene rings is 1. The van der Waals surface area contributed by atoms with Gasteiger partial charge in [-0.25, -0.2) is 0 Å². The zero-order valence-corrected chi connectivity index (χ0v) is 17.3. The molecule has 4 heteroatoms. The summed E-state index contributed by atoms with van der Waals surface area (Å²) in [6, 6.07) is 7.96. The van der Waals surface area contributed by atoms with Crippen LogP contribution in [0.2, 0.25) is 0 Å². The van der Waals surface area contributed by atoms with Crippen molar-refractivity contribution in [1.82, 2.24) is 4.90 Å². The first-order valence-electron chi connectivity index (χ1n) is 9.56. The van der Waals surface area contributed by atoms with Crippen LogP contribution in [0.3, 0.4) is 0 Å². The topological polar surface area (TPSA) is 46.6 Å². The van der Waals surface area contributed by atoms with E-state index in [1.807, 2.05) is 65.5 Å². The molecule has 0 aromatic heterocycles. The first-order chi connectivity index (χ1) is 12.0. The van der Waals surface area contributed by atoms with Gasteiger partial charge >= 0.3 is 5.97 Å². The summed E-state index contributed by atoms with van der Waals surface area (Å²) < 4.78 is 5.92. The average molecular weight is 360 g/mol. The second-order valence-corrected chi connectivity index (χ2v) is 9.24. The van der Waals surface area contributed by atoms with Gasteiger partial charge in [0.25, 0.3) is 0 Å². The molecule has 0 aliphatic carbocycles. The highest BCUT2D eigenvalue weighted by molar-refractivity contribution is 5.82. The zero-order valence-electron chi connectivity index (χ0n) is 17.3. The van der Waals surface area contributed by atoms with Crippen LogP contribution in [0.25, 0.3) is 0 Å². The van der Waals surface area contributed by atoms with Gasteiger partial charge in [0, 0.05) is 12.0 Å². The molecule has 2 atom stereocenters. The van der Waals surface area contributed by atoms with Crippen LogP contribution < -0.4 is 0 Å². The Labute approximate surface area is 157 Å². The number of carbonyl (C=O) groups is 2. The highest BCUT2D eigenvalue weighted by Crippen LogP contribution is 2.38. The Balaban J connectivity index is 2.45. The smallest absolute Gasteiger partial charge is 0.311 e. The van der Waals surface area contributed by atoms with Crippen molar-refractivity contribution in [3.8, 4) is 0 Å². The molecule has 2 rings (SSSR count). The Bertz CT molecular complexity index is 667. The predicted molar refractivity (Wildman–Crippen MR) is 104 cm³/mol. The molecular weight excluding hydrogens is 326 g/mol. The van der Waals surface area contributed by atoms with Gasteiger partial charge in [0.15, 0.2) is 0 Å². The number of hydrogen-bond donors (Lipinski definition) is 0. The summed E-state index contributed by atoms with van der Waals surface area (Å²) >= 11 is 0. The summed E-state index contributed by atoms with van der Waals surface area (Å²) in [6.45, 7) is 14.1. The molecule has 0 spiro atoms. The van der Waals surface area contributed by atoms with Gasteiger partial charge in [-0.2, -0.15) is 0 Å². The maximum Gasteiger partial charge on any atom is 0.311 e. The number of nitrogens with zero attached hydrogens (tertiary/aromatic N) is 1. The molecule has 0 radical (unpaired) electrons. The third-order valence-electron chi connectivity index (χ3n) is 4.86. The summed E-state index contributed by atoms with van der Waals surface area (Å²) in [5, 5.41) is 0. The molecule has 26 heavy (non-hydrogen) atoms. The second-order valence-electron chi connectivity index (χ2n) is 9.24. The number of hydrogen-bond acceptors (Lipinski definition) is 3. The van der Waals surface area contributed by atoms with Gasteiger partial charge in [-0.1, -0.05) is 52.0 Å². The lowest BCUT2D eigenvalue weighted by Gasteiger charge is -2.43. The number of fused-ring (bicyclic) bond motifs is 1. The predicted octanol–water partition coefficient (Wildman–Crippen LogP) is 4.53. The molecule has 1 amide bonds. The minimum atomic E-state index is -0.569. The van der Waals surface area contributed by atoms with Crippen molar-refractivity contribution < 1.29 is 14.3 Å². The molecule has 0 bridgehead atoms. The number of ether oxygens (including phenoxy) is 1. The minimum absolute atomic E-state index is 0.0993. The standard InChI is InChI=1S/C22H33NO3/c1-8-17(26-20(25)22(5,6)7)18-16-12-10-9-11-15(16)13-14-23(18)19(24)21(2,3)4/h9-12,17-18H,8,13-14H2,1-7H3. The van der Waals surface area contributed by atoms with E-state index in [2.05, 4.69) is 12.1 Å². The van der Waals surface area contributed by atoms with Crippen LogP contribution in [0.15, 0.2) is 24.3 Å². The molecule has 144 valence electrons. The van der Waals surface area contributed by atoms with Crippen molar-refractivity contribution in [1.29, 1.82) is 0 Å². The largest absolute Gasteiger partial charge is 0.459 e. The Hall–Kier alpha value is -1.84. The van der Waals surface area contributed by atoms with E-state index in [4.69, 9.17) is 4.74 Å². The molecule has 0 N–H and O–H groups in total. The summed E-state index contributed by atoms with van der Waals surface area (Å²) in [5.41, 5.74) is 1.29. The van der Waals surface area contributed by atoms with E-state index < -0.39 is 10.8 Å². The molecular formula is C22H33NO3.